The third-order valence-corrected chi connectivity index (χ3v) is 2.89. The predicted octanol–water partition coefficient (Wildman–Crippen LogP) is -0.110. The fraction of sp³-hybridized carbons (Fsp3) is 1.00. The Morgan fingerprint density at radius 2 is 1.82 bits per heavy atom. The molecule has 0 fully saturated rings. The SMILES string of the molecule is CCCC(CCCOP(=O)([O-])[O-])OP(=O)(O)O. The quantitative estimate of drug-likeness (QED) is 0.443. The zero-order chi connectivity index (χ0) is 13.5. The Hall–Kier alpha value is 0.220. The maximum atomic E-state index is 10.6. The lowest BCUT2D eigenvalue weighted by molar-refractivity contribution is -0.341. The van der Waals surface area contributed by atoms with E-state index in [9.17, 15) is 18.9 Å². The minimum atomic E-state index is -4.98. The summed E-state index contributed by atoms with van der Waals surface area (Å²) in [4.78, 5) is 37.5. The van der Waals surface area contributed by atoms with Crippen molar-refractivity contribution >= 4 is 15.6 Å². The van der Waals surface area contributed by atoms with Crippen LogP contribution in [0.3, 0.4) is 0 Å². The van der Waals surface area contributed by atoms with E-state index in [1.807, 2.05) is 6.92 Å². The van der Waals surface area contributed by atoms with E-state index >= 15 is 0 Å². The van der Waals surface area contributed by atoms with Crippen molar-refractivity contribution in [3.63, 3.8) is 0 Å². The van der Waals surface area contributed by atoms with Gasteiger partial charge in [-0.3, -0.25) is 4.52 Å². The van der Waals surface area contributed by atoms with Gasteiger partial charge in [-0.05, 0) is 19.3 Å². The van der Waals surface area contributed by atoms with Crippen molar-refractivity contribution in [2.24, 2.45) is 0 Å². The Labute approximate surface area is 99.4 Å². The van der Waals surface area contributed by atoms with Gasteiger partial charge in [-0.15, -0.1) is 0 Å². The van der Waals surface area contributed by atoms with Gasteiger partial charge < -0.3 is 28.7 Å². The summed E-state index contributed by atoms with van der Waals surface area (Å²) >= 11 is 0. The number of phosphoric acid groups is 2. The predicted molar refractivity (Wildman–Crippen MR) is 54.6 cm³/mol. The molecule has 0 aliphatic carbocycles. The molecule has 0 bridgehead atoms. The van der Waals surface area contributed by atoms with Crippen molar-refractivity contribution < 1.29 is 37.8 Å². The first-order valence-electron chi connectivity index (χ1n) is 5.04. The Balaban J connectivity index is 3.93. The molecule has 0 aliphatic heterocycles. The highest BCUT2D eigenvalue weighted by molar-refractivity contribution is 7.46. The fourth-order valence-electron chi connectivity index (χ4n) is 1.25. The summed E-state index contributed by atoms with van der Waals surface area (Å²) in [5.41, 5.74) is 0. The second-order valence-electron chi connectivity index (χ2n) is 3.43. The first kappa shape index (κ1) is 17.2. The first-order chi connectivity index (χ1) is 7.64. The van der Waals surface area contributed by atoms with E-state index in [2.05, 4.69) is 9.05 Å². The molecule has 0 spiro atoms. The Bertz CT molecular complexity index is 294. The Morgan fingerprint density at radius 3 is 2.24 bits per heavy atom. The smallest absolute Gasteiger partial charge is 0.469 e. The largest absolute Gasteiger partial charge is 0.790 e. The zero-order valence-corrected chi connectivity index (χ0v) is 11.1. The van der Waals surface area contributed by atoms with E-state index in [1.54, 1.807) is 0 Å². The molecule has 1 unspecified atom stereocenters. The zero-order valence-electron chi connectivity index (χ0n) is 9.35. The van der Waals surface area contributed by atoms with E-state index < -0.39 is 21.7 Å². The normalized spacial score (nSPS) is 14.9. The van der Waals surface area contributed by atoms with Crippen molar-refractivity contribution in [3.8, 4) is 0 Å². The summed E-state index contributed by atoms with van der Waals surface area (Å²) in [6.45, 7) is 1.50. The number of rotatable bonds is 9. The molecular weight excluding hydrogens is 274 g/mol. The summed E-state index contributed by atoms with van der Waals surface area (Å²) in [6, 6.07) is 0. The lowest BCUT2D eigenvalue weighted by atomic mass is 10.1. The average Bonchev–Trinajstić information content (AvgIpc) is 2.08. The highest BCUT2D eigenvalue weighted by Crippen LogP contribution is 2.39. The molecular formula is C7H16O8P2-2. The van der Waals surface area contributed by atoms with Crippen LogP contribution in [0.2, 0.25) is 0 Å². The van der Waals surface area contributed by atoms with Gasteiger partial charge in [-0.2, -0.15) is 0 Å². The highest BCUT2D eigenvalue weighted by Gasteiger charge is 2.21. The molecule has 2 N–H and O–H groups in total. The number of phosphoric ester groups is 2. The van der Waals surface area contributed by atoms with E-state index in [4.69, 9.17) is 9.79 Å². The van der Waals surface area contributed by atoms with Crippen LogP contribution < -0.4 is 9.79 Å². The third kappa shape index (κ3) is 12.5. The van der Waals surface area contributed by atoms with Crippen molar-refractivity contribution in [2.75, 3.05) is 6.61 Å². The molecule has 0 radical (unpaired) electrons. The minimum Gasteiger partial charge on any atom is -0.790 e. The second kappa shape index (κ2) is 7.61. The van der Waals surface area contributed by atoms with Crippen LogP contribution in [0.5, 0.6) is 0 Å². The van der Waals surface area contributed by atoms with Gasteiger partial charge in [-0.1, -0.05) is 13.3 Å². The molecule has 0 aromatic carbocycles. The first-order valence-corrected chi connectivity index (χ1v) is 8.03. The summed E-state index contributed by atoms with van der Waals surface area (Å²) in [6.07, 6.45) is 0.782. The molecule has 104 valence electrons. The third-order valence-electron chi connectivity index (χ3n) is 1.82. The van der Waals surface area contributed by atoms with Crippen LogP contribution in [0.25, 0.3) is 0 Å². The summed E-state index contributed by atoms with van der Waals surface area (Å²) in [5.74, 6) is 0. The van der Waals surface area contributed by atoms with Crippen molar-refractivity contribution in [3.05, 3.63) is 0 Å². The topological polar surface area (TPSA) is 139 Å². The van der Waals surface area contributed by atoms with Crippen LogP contribution in [0.1, 0.15) is 32.6 Å². The summed E-state index contributed by atoms with van der Waals surface area (Å²) in [5, 5.41) is 0. The Morgan fingerprint density at radius 1 is 1.24 bits per heavy atom. The van der Waals surface area contributed by atoms with Gasteiger partial charge in [0, 0.05) is 0 Å². The van der Waals surface area contributed by atoms with Crippen molar-refractivity contribution in [1.29, 1.82) is 0 Å². The maximum Gasteiger partial charge on any atom is 0.469 e. The molecule has 1 atom stereocenters. The molecule has 0 rings (SSSR count). The van der Waals surface area contributed by atoms with E-state index in [0.717, 1.165) is 0 Å². The molecule has 10 heteroatoms. The molecule has 0 aliphatic rings. The minimum absolute atomic E-state index is 0.166. The standard InChI is InChI=1S/C7H18O8P2/c1-2-4-7(15-17(11,12)13)5-3-6-14-16(8,9)10/h7H,2-6H2,1H3,(H2,8,9,10)(H2,11,12,13)/p-2. The van der Waals surface area contributed by atoms with Gasteiger partial charge >= 0.3 is 7.82 Å². The van der Waals surface area contributed by atoms with Crippen LogP contribution in [0.4, 0.5) is 0 Å². The number of hydrogen-bond donors (Lipinski definition) is 2. The monoisotopic (exact) mass is 290 g/mol. The van der Waals surface area contributed by atoms with Gasteiger partial charge in [0.25, 0.3) is 0 Å². The molecule has 0 heterocycles. The van der Waals surface area contributed by atoms with Gasteiger partial charge in [0.05, 0.1) is 20.5 Å². The Kier molecular flexibility index (Phi) is 7.71. The average molecular weight is 290 g/mol. The molecule has 0 saturated carbocycles. The fourth-order valence-corrected chi connectivity index (χ4v) is 2.21. The van der Waals surface area contributed by atoms with Crippen LogP contribution >= 0.6 is 15.6 Å². The molecule has 8 nitrogen and oxygen atoms in total. The summed E-state index contributed by atoms with van der Waals surface area (Å²) < 4.78 is 29.2. The van der Waals surface area contributed by atoms with Crippen LogP contribution in [-0.4, -0.2) is 22.5 Å². The van der Waals surface area contributed by atoms with E-state index in [1.165, 1.54) is 0 Å². The van der Waals surface area contributed by atoms with Gasteiger partial charge in [0.15, 0.2) is 0 Å². The van der Waals surface area contributed by atoms with Gasteiger partial charge in [0.2, 0.25) is 0 Å². The lowest BCUT2D eigenvalue weighted by Gasteiger charge is -2.28. The molecule has 17 heavy (non-hydrogen) atoms. The van der Waals surface area contributed by atoms with E-state index in [-0.39, 0.29) is 19.4 Å². The molecule has 0 aromatic rings. The molecule has 0 saturated heterocycles. The van der Waals surface area contributed by atoms with Crippen molar-refractivity contribution in [2.45, 2.75) is 38.7 Å². The lowest BCUT2D eigenvalue weighted by Crippen LogP contribution is -2.18. The van der Waals surface area contributed by atoms with Crippen LogP contribution in [0.15, 0.2) is 0 Å². The van der Waals surface area contributed by atoms with Gasteiger partial charge in [0.1, 0.15) is 0 Å². The van der Waals surface area contributed by atoms with Crippen LogP contribution in [0, 0.1) is 0 Å². The number of hydrogen-bond acceptors (Lipinski definition) is 6. The molecule has 0 amide bonds. The highest BCUT2D eigenvalue weighted by atomic mass is 31.2. The molecule has 0 aromatic heterocycles. The summed E-state index contributed by atoms with van der Waals surface area (Å²) in [7, 11) is -9.53. The van der Waals surface area contributed by atoms with Crippen LogP contribution in [-0.2, 0) is 18.2 Å². The van der Waals surface area contributed by atoms with E-state index in [0.29, 0.717) is 12.8 Å². The van der Waals surface area contributed by atoms with Crippen molar-refractivity contribution in [1.82, 2.24) is 0 Å². The maximum absolute atomic E-state index is 10.6. The van der Waals surface area contributed by atoms with Gasteiger partial charge in [-0.25, -0.2) is 4.57 Å². The second-order valence-corrected chi connectivity index (χ2v) is 5.77.